The van der Waals surface area contributed by atoms with Gasteiger partial charge in [-0.25, -0.2) is 0 Å². The topological polar surface area (TPSA) is 107 Å². The molecule has 0 saturated carbocycles. The fraction of sp³-hybridized carbons (Fsp3) is 0.353. The quantitative estimate of drug-likeness (QED) is 0.805. The highest BCUT2D eigenvalue weighted by Crippen LogP contribution is 2.42. The Morgan fingerprint density at radius 3 is 2.57 bits per heavy atom. The highest BCUT2D eigenvalue weighted by molar-refractivity contribution is 8.17. The van der Waals surface area contributed by atoms with Gasteiger partial charge >= 0.3 is 0 Å². The summed E-state index contributed by atoms with van der Waals surface area (Å²) in [5.74, 6) is -0.427. The van der Waals surface area contributed by atoms with E-state index in [1.165, 1.54) is 0 Å². The Labute approximate surface area is 140 Å². The number of hydrogen-bond acceptors (Lipinski definition) is 6. The summed E-state index contributed by atoms with van der Waals surface area (Å²) in [6.45, 7) is 2.77. The molecule has 2 atom stereocenters. The first kappa shape index (κ1) is 16.9. The van der Waals surface area contributed by atoms with Gasteiger partial charge < -0.3 is 10.5 Å². The van der Waals surface area contributed by atoms with Crippen LogP contribution in [0.2, 0.25) is 0 Å². The molecule has 0 spiro atoms. The van der Waals surface area contributed by atoms with Gasteiger partial charge in [0.25, 0.3) is 0 Å². The number of nitrogens with zero attached hydrogens (tertiary/aromatic N) is 2. The van der Waals surface area contributed by atoms with E-state index in [1.807, 2.05) is 24.3 Å². The lowest BCUT2D eigenvalue weighted by Gasteiger charge is -2.27. The lowest BCUT2D eigenvalue weighted by atomic mass is 9.82. The van der Waals surface area contributed by atoms with Crippen molar-refractivity contribution in [3.05, 3.63) is 40.4 Å². The number of nitriles is 2. The molecule has 23 heavy (non-hydrogen) atoms. The highest BCUT2D eigenvalue weighted by Gasteiger charge is 2.36. The molecule has 3 N–H and O–H groups in total. The van der Waals surface area contributed by atoms with E-state index < -0.39 is 11.8 Å². The van der Waals surface area contributed by atoms with Crippen LogP contribution in [-0.4, -0.2) is 11.7 Å². The summed E-state index contributed by atoms with van der Waals surface area (Å²) in [6, 6.07) is 11.6. The molecule has 5 nitrogen and oxygen atoms in total. The van der Waals surface area contributed by atoms with Gasteiger partial charge in [0.05, 0.1) is 34.4 Å². The van der Waals surface area contributed by atoms with E-state index in [9.17, 15) is 10.5 Å². The van der Waals surface area contributed by atoms with Crippen molar-refractivity contribution in [2.75, 3.05) is 6.61 Å². The molecule has 6 heteroatoms. The molecule has 2 rings (SSSR count). The van der Waals surface area contributed by atoms with Crippen LogP contribution in [0.3, 0.4) is 0 Å². The molecule has 0 aliphatic carbocycles. The van der Waals surface area contributed by atoms with Crippen molar-refractivity contribution in [3.63, 3.8) is 0 Å². The van der Waals surface area contributed by atoms with Crippen molar-refractivity contribution < 1.29 is 4.74 Å². The van der Waals surface area contributed by atoms with E-state index in [-0.39, 0.29) is 5.04 Å². The van der Waals surface area contributed by atoms with Crippen LogP contribution < -0.4 is 10.5 Å². The maximum Gasteiger partial charge on any atom is 0.119 e. The third-order valence-corrected chi connectivity index (χ3v) is 4.59. The van der Waals surface area contributed by atoms with Crippen molar-refractivity contribution in [3.8, 4) is 17.9 Å². The average molecular weight is 326 g/mol. The summed E-state index contributed by atoms with van der Waals surface area (Å²) in [4.78, 5) is 0. The van der Waals surface area contributed by atoms with E-state index in [0.717, 1.165) is 35.9 Å². The fourth-order valence-corrected chi connectivity index (χ4v) is 3.27. The van der Waals surface area contributed by atoms with Crippen LogP contribution in [0.4, 0.5) is 0 Å². The van der Waals surface area contributed by atoms with Gasteiger partial charge in [0.2, 0.25) is 0 Å². The van der Waals surface area contributed by atoms with Crippen LogP contribution in [0.5, 0.6) is 5.75 Å². The smallest absolute Gasteiger partial charge is 0.119 e. The second-order valence-corrected chi connectivity index (χ2v) is 6.30. The second-order valence-electron chi connectivity index (χ2n) is 5.21. The summed E-state index contributed by atoms with van der Waals surface area (Å²) in [5, 5.41) is 27.2. The predicted octanol–water partition coefficient (Wildman–Crippen LogP) is 3.51. The van der Waals surface area contributed by atoms with E-state index in [2.05, 4.69) is 19.1 Å². The Morgan fingerprint density at radius 2 is 2.00 bits per heavy atom. The molecule has 1 aliphatic rings. The molecular weight excluding hydrogens is 308 g/mol. The Bertz CT molecular complexity index is 697. The third kappa shape index (κ3) is 3.67. The zero-order valence-corrected chi connectivity index (χ0v) is 13.7. The summed E-state index contributed by atoms with van der Waals surface area (Å²) in [6.07, 6.45) is 2.06. The predicted molar refractivity (Wildman–Crippen MR) is 90.8 cm³/mol. The van der Waals surface area contributed by atoms with Gasteiger partial charge in [-0.15, -0.1) is 0 Å². The number of ether oxygens (including phenoxy) is 1. The van der Waals surface area contributed by atoms with Crippen molar-refractivity contribution >= 4 is 16.8 Å². The number of nitrogens with one attached hydrogen (secondary N) is 1. The van der Waals surface area contributed by atoms with Crippen LogP contribution in [0.15, 0.2) is 34.9 Å². The van der Waals surface area contributed by atoms with Gasteiger partial charge in [0.15, 0.2) is 0 Å². The SMILES string of the molecule is CCCCOc1ccc(C2C(C#N)=C(N)SC(=N)C2C#N)cc1. The van der Waals surface area contributed by atoms with E-state index >= 15 is 0 Å². The highest BCUT2D eigenvalue weighted by atomic mass is 32.2. The molecule has 1 aromatic rings. The molecule has 0 radical (unpaired) electrons. The zero-order chi connectivity index (χ0) is 16.8. The number of allylic oxidation sites excluding steroid dienone is 1. The molecule has 0 bridgehead atoms. The maximum atomic E-state index is 9.39. The van der Waals surface area contributed by atoms with Gasteiger partial charge in [-0.05, 0) is 24.1 Å². The minimum atomic E-state index is -0.686. The number of thioether (sulfide) groups is 1. The summed E-state index contributed by atoms with van der Waals surface area (Å²) >= 11 is 0.993. The van der Waals surface area contributed by atoms with Crippen molar-refractivity contribution in [1.29, 1.82) is 15.9 Å². The Hall–Kier alpha value is -2.44. The van der Waals surface area contributed by atoms with Gasteiger partial charge in [-0.2, -0.15) is 10.5 Å². The Balaban J connectivity index is 2.30. The number of hydrogen-bond donors (Lipinski definition) is 2. The largest absolute Gasteiger partial charge is 0.494 e. The summed E-state index contributed by atoms with van der Waals surface area (Å²) < 4.78 is 5.62. The van der Waals surface area contributed by atoms with Crippen LogP contribution in [0, 0.1) is 34.0 Å². The molecule has 0 aromatic heterocycles. The minimum absolute atomic E-state index is 0.178. The van der Waals surface area contributed by atoms with Gasteiger partial charge in [0, 0.05) is 5.92 Å². The lowest BCUT2D eigenvalue weighted by molar-refractivity contribution is 0.309. The monoisotopic (exact) mass is 326 g/mol. The summed E-state index contributed by atoms with van der Waals surface area (Å²) in [5.41, 5.74) is 7.03. The molecule has 0 amide bonds. The number of rotatable bonds is 5. The van der Waals surface area contributed by atoms with Crippen molar-refractivity contribution in [2.45, 2.75) is 25.7 Å². The van der Waals surface area contributed by atoms with Crippen LogP contribution in [0.25, 0.3) is 0 Å². The standard InChI is InChI=1S/C17H18N4OS/c1-2-3-8-22-12-6-4-11(5-7-12)15-13(9-18)16(20)23-17(21)14(15)10-19/h4-7,13,15,20H,2-3,8,21H2,1H3. The number of unbranched alkanes of at least 4 members (excludes halogenated alkanes) is 1. The van der Waals surface area contributed by atoms with Gasteiger partial charge in [-0.1, -0.05) is 37.2 Å². The molecular formula is C17H18N4OS. The fourth-order valence-electron chi connectivity index (χ4n) is 2.43. The molecule has 0 saturated heterocycles. The lowest BCUT2D eigenvalue weighted by Crippen LogP contribution is -2.26. The molecule has 0 fully saturated rings. The molecule has 1 aliphatic heterocycles. The Morgan fingerprint density at radius 1 is 1.30 bits per heavy atom. The zero-order valence-electron chi connectivity index (χ0n) is 12.9. The van der Waals surface area contributed by atoms with E-state index in [1.54, 1.807) is 0 Å². The second kappa shape index (κ2) is 7.71. The normalized spacial score (nSPS) is 20.7. The van der Waals surface area contributed by atoms with Crippen molar-refractivity contribution in [1.82, 2.24) is 0 Å². The van der Waals surface area contributed by atoms with Crippen molar-refractivity contribution in [2.24, 2.45) is 11.7 Å². The molecule has 118 valence electrons. The Kier molecular flexibility index (Phi) is 5.67. The number of nitrogens with two attached hydrogens (primary N) is 1. The van der Waals surface area contributed by atoms with Crippen LogP contribution in [-0.2, 0) is 0 Å². The molecule has 1 aromatic carbocycles. The van der Waals surface area contributed by atoms with Gasteiger partial charge in [0.1, 0.15) is 11.7 Å². The van der Waals surface area contributed by atoms with Crippen LogP contribution >= 0.6 is 11.8 Å². The number of benzene rings is 1. The maximum absolute atomic E-state index is 9.39. The first-order valence-electron chi connectivity index (χ1n) is 7.40. The summed E-state index contributed by atoms with van der Waals surface area (Å²) in [7, 11) is 0. The molecule has 1 heterocycles. The first-order valence-corrected chi connectivity index (χ1v) is 8.22. The van der Waals surface area contributed by atoms with Gasteiger partial charge in [-0.3, -0.25) is 5.41 Å². The first-order chi connectivity index (χ1) is 11.1. The van der Waals surface area contributed by atoms with E-state index in [4.69, 9.17) is 15.9 Å². The minimum Gasteiger partial charge on any atom is -0.494 e. The third-order valence-electron chi connectivity index (χ3n) is 3.68. The molecule has 2 unspecified atom stereocenters. The average Bonchev–Trinajstić information content (AvgIpc) is 2.55. The van der Waals surface area contributed by atoms with E-state index in [0.29, 0.717) is 17.2 Å². The van der Waals surface area contributed by atoms with Crippen LogP contribution in [0.1, 0.15) is 31.2 Å².